The first kappa shape index (κ1) is 28.0. The summed E-state index contributed by atoms with van der Waals surface area (Å²) in [4.78, 5) is 48.6. The van der Waals surface area contributed by atoms with E-state index < -0.39 is 0 Å². The van der Waals surface area contributed by atoms with Crippen LogP contribution in [0.3, 0.4) is 0 Å². The van der Waals surface area contributed by atoms with Crippen LogP contribution in [0.2, 0.25) is 0 Å². The third kappa shape index (κ3) is 8.13. The molecule has 0 atom stereocenters. The van der Waals surface area contributed by atoms with E-state index in [1.807, 2.05) is 18.6 Å². The number of aromatic nitrogens is 5. The highest BCUT2D eigenvalue weighted by Gasteiger charge is 2.06. The van der Waals surface area contributed by atoms with Crippen LogP contribution >= 0.6 is 23.5 Å². The van der Waals surface area contributed by atoms with E-state index in [2.05, 4.69) is 30.0 Å². The van der Waals surface area contributed by atoms with E-state index in [1.165, 1.54) is 36.8 Å². The van der Waals surface area contributed by atoms with Crippen molar-refractivity contribution in [2.24, 2.45) is 7.05 Å². The van der Waals surface area contributed by atoms with Crippen molar-refractivity contribution in [3.05, 3.63) is 39.9 Å². The molecular formula is C21H28N6O4S2. The Balaban J connectivity index is 0.000000272. The molecule has 0 aliphatic rings. The molecular weight excluding hydrogens is 464 g/mol. The average molecular weight is 493 g/mol. The van der Waals surface area contributed by atoms with Crippen molar-refractivity contribution in [3.8, 4) is 0 Å². The fraction of sp³-hybridized carbons (Fsp3) is 0.381. The number of carbonyl (C=O) groups excluding carboxylic acids is 2. The third-order valence-electron chi connectivity index (χ3n) is 4.15. The van der Waals surface area contributed by atoms with Gasteiger partial charge >= 0.3 is 5.97 Å². The Morgan fingerprint density at radius 1 is 1.18 bits per heavy atom. The number of hydrogen-bond donors (Lipinski definition) is 1. The fourth-order valence-corrected chi connectivity index (χ4v) is 3.07. The van der Waals surface area contributed by atoms with Crippen molar-refractivity contribution in [2.45, 2.75) is 30.6 Å². The van der Waals surface area contributed by atoms with Crippen LogP contribution in [0, 0.1) is 6.92 Å². The quantitative estimate of drug-likeness (QED) is 0.244. The molecule has 3 heterocycles. The van der Waals surface area contributed by atoms with Gasteiger partial charge in [0.1, 0.15) is 11.5 Å². The van der Waals surface area contributed by atoms with Crippen molar-refractivity contribution >= 4 is 52.6 Å². The van der Waals surface area contributed by atoms with Gasteiger partial charge in [0.2, 0.25) is 0 Å². The van der Waals surface area contributed by atoms with Gasteiger partial charge in [-0.2, -0.15) is 0 Å². The van der Waals surface area contributed by atoms with Crippen LogP contribution in [0.25, 0.3) is 11.0 Å². The van der Waals surface area contributed by atoms with Gasteiger partial charge in [0.25, 0.3) is 5.56 Å². The molecule has 0 bridgehead atoms. The number of hydrogen-bond acceptors (Lipinski definition) is 11. The second kappa shape index (κ2) is 14.2. The largest absolute Gasteiger partial charge is 0.469 e. The number of nitrogens with zero attached hydrogens (tertiary/aromatic N) is 5. The number of rotatable bonds is 5. The van der Waals surface area contributed by atoms with Crippen LogP contribution in [0.5, 0.6) is 0 Å². The highest BCUT2D eigenvalue weighted by atomic mass is 32.2. The van der Waals surface area contributed by atoms with Gasteiger partial charge in [-0.05, 0) is 25.5 Å². The van der Waals surface area contributed by atoms with Gasteiger partial charge in [-0.1, -0.05) is 30.4 Å². The maximum absolute atomic E-state index is 11.7. The smallest absolute Gasteiger partial charge is 0.305 e. The number of pyridine rings is 1. The van der Waals surface area contributed by atoms with E-state index in [9.17, 15) is 14.4 Å². The van der Waals surface area contributed by atoms with Gasteiger partial charge < -0.3 is 10.1 Å². The molecule has 1 N–H and O–H groups in total. The summed E-state index contributed by atoms with van der Waals surface area (Å²) < 4.78 is 5.82. The zero-order chi connectivity index (χ0) is 25.0. The predicted octanol–water partition coefficient (Wildman–Crippen LogP) is 2.98. The number of carbonyl (C=O) groups is 2. The van der Waals surface area contributed by atoms with E-state index in [-0.39, 0.29) is 11.5 Å². The molecule has 0 saturated heterocycles. The predicted molar refractivity (Wildman–Crippen MR) is 132 cm³/mol. The Hall–Kier alpha value is -2.99. The van der Waals surface area contributed by atoms with E-state index in [4.69, 9.17) is 0 Å². The Morgan fingerprint density at radius 2 is 1.79 bits per heavy atom. The van der Waals surface area contributed by atoms with Gasteiger partial charge in [0.15, 0.2) is 16.6 Å². The zero-order valence-corrected chi connectivity index (χ0v) is 21.3. The standard InChI is InChI=1S/C10H11N3OS.C7H9N3OS.C4H8O2/c1-6-4-7-5-11-10(15-3)12-8(7)13(2)9(6)14;1-8-6-5(4-11)3-9-7(10-6)12-2;1-3-4(5)6-2/h4-5H,1-3H3;3-4H,1-2H3,(H,8,9,10);3H2,1-2H3. The van der Waals surface area contributed by atoms with E-state index in [1.54, 1.807) is 38.7 Å². The number of thioether (sulfide) groups is 2. The van der Waals surface area contributed by atoms with Crippen molar-refractivity contribution in [2.75, 3.05) is 32.0 Å². The van der Waals surface area contributed by atoms with Crippen LogP contribution in [0.1, 0.15) is 29.3 Å². The Kier molecular flexibility index (Phi) is 12.1. The Bertz CT molecular complexity index is 1150. The number of esters is 1. The van der Waals surface area contributed by atoms with Crippen LogP contribution < -0.4 is 10.9 Å². The van der Waals surface area contributed by atoms with Gasteiger partial charge in [0, 0.05) is 43.9 Å². The maximum atomic E-state index is 11.7. The number of ether oxygens (including phenoxy) is 1. The van der Waals surface area contributed by atoms with Crippen LogP contribution in [-0.2, 0) is 16.6 Å². The highest BCUT2D eigenvalue weighted by Crippen LogP contribution is 2.15. The number of fused-ring (bicyclic) bond motifs is 1. The normalized spacial score (nSPS) is 9.79. The molecule has 0 fully saturated rings. The molecule has 3 aromatic heterocycles. The summed E-state index contributed by atoms with van der Waals surface area (Å²) in [6.45, 7) is 3.55. The van der Waals surface area contributed by atoms with E-state index >= 15 is 0 Å². The van der Waals surface area contributed by atoms with E-state index in [0.717, 1.165) is 11.7 Å². The number of methoxy groups -OCH3 is 1. The summed E-state index contributed by atoms with van der Waals surface area (Å²) in [5.74, 6) is 0.416. The number of aldehydes is 1. The second-order valence-electron chi connectivity index (χ2n) is 6.29. The zero-order valence-electron chi connectivity index (χ0n) is 19.7. The minimum Gasteiger partial charge on any atom is -0.469 e. The number of aryl methyl sites for hydroxylation is 2. The molecule has 12 heteroatoms. The lowest BCUT2D eigenvalue weighted by Crippen LogP contribution is -2.20. The summed E-state index contributed by atoms with van der Waals surface area (Å²) in [6, 6.07) is 1.82. The highest BCUT2D eigenvalue weighted by molar-refractivity contribution is 7.98. The number of nitrogens with one attached hydrogen (secondary N) is 1. The molecule has 0 unspecified atom stereocenters. The SMILES string of the molecule is CCC(=O)OC.CNc1nc(SC)ncc1C=O.CSc1ncc2cc(C)c(=O)n(C)c2n1. The molecule has 10 nitrogen and oxygen atoms in total. The molecule has 3 aromatic rings. The number of anilines is 1. The third-order valence-corrected chi connectivity index (χ3v) is 5.27. The van der Waals surface area contributed by atoms with Crippen LogP contribution in [0.4, 0.5) is 5.82 Å². The molecule has 0 amide bonds. The first-order valence-corrected chi connectivity index (χ1v) is 12.2. The van der Waals surface area contributed by atoms with Crippen molar-refractivity contribution in [1.82, 2.24) is 24.5 Å². The average Bonchev–Trinajstić information content (AvgIpc) is 2.86. The fourth-order valence-electron chi connectivity index (χ4n) is 2.40. The van der Waals surface area contributed by atoms with E-state index in [0.29, 0.717) is 39.3 Å². The summed E-state index contributed by atoms with van der Waals surface area (Å²) >= 11 is 2.90. The Labute approximate surface area is 201 Å². The summed E-state index contributed by atoms with van der Waals surface area (Å²) in [5.41, 5.74) is 1.87. The summed E-state index contributed by atoms with van der Waals surface area (Å²) in [7, 11) is 4.83. The summed E-state index contributed by atoms with van der Waals surface area (Å²) in [5, 5.41) is 5.06. The van der Waals surface area contributed by atoms with Gasteiger partial charge in [-0.3, -0.25) is 19.0 Å². The van der Waals surface area contributed by atoms with Gasteiger partial charge in [-0.25, -0.2) is 19.9 Å². The van der Waals surface area contributed by atoms with Crippen LogP contribution in [0.15, 0.2) is 33.6 Å². The molecule has 0 aliphatic heterocycles. The van der Waals surface area contributed by atoms with Crippen molar-refractivity contribution in [3.63, 3.8) is 0 Å². The molecule has 178 valence electrons. The topological polar surface area (TPSA) is 129 Å². The van der Waals surface area contributed by atoms with Crippen molar-refractivity contribution < 1.29 is 14.3 Å². The van der Waals surface area contributed by atoms with Crippen LogP contribution in [-0.4, -0.2) is 63.4 Å². The minimum atomic E-state index is -0.157. The lowest BCUT2D eigenvalue weighted by atomic mass is 10.2. The van der Waals surface area contributed by atoms with Crippen molar-refractivity contribution in [1.29, 1.82) is 0 Å². The molecule has 33 heavy (non-hydrogen) atoms. The monoisotopic (exact) mass is 492 g/mol. The summed E-state index contributed by atoms with van der Waals surface area (Å²) in [6.07, 6.45) is 8.26. The first-order valence-electron chi connectivity index (χ1n) is 9.74. The molecule has 0 saturated carbocycles. The molecule has 3 rings (SSSR count). The lowest BCUT2D eigenvalue weighted by Gasteiger charge is -2.05. The van der Waals surface area contributed by atoms with Gasteiger partial charge in [-0.15, -0.1) is 0 Å². The lowest BCUT2D eigenvalue weighted by molar-refractivity contribution is -0.140. The molecule has 0 aromatic carbocycles. The molecule has 0 aliphatic carbocycles. The molecule has 0 spiro atoms. The first-order chi connectivity index (χ1) is 15.8. The second-order valence-corrected chi connectivity index (χ2v) is 7.83. The Morgan fingerprint density at radius 3 is 2.27 bits per heavy atom. The van der Waals surface area contributed by atoms with Gasteiger partial charge in [0.05, 0.1) is 12.7 Å². The minimum absolute atomic E-state index is 0.00625. The maximum Gasteiger partial charge on any atom is 0.305 e. The molecule has 0 radical (unpaired) electrons.